The van der Waals surface area contributed by atoms with E-state index in [2.05, 4.69) is 5.43 Å². The summed E-state index contributed by atoms with van der Waals surface area (Å²) in [7, 11) is -4.35. The van der Waals surface area contributed by atoms with Gasteiger partial charge in [-0.1, -0.05) is 17.7 Å². The second kappa shape index (κ2) is 8.07. The topological polar surface area (TPSA) is 104 Å². The highest BCUT2D eigenvalue weighted by atomic mass is 35.5. The normalized spacial score (nSPS) is 11.6. The van der Waals surface area contributed by atoms with Crippen LogP contribution in [0.4, 0.5) is 18.9 Å². The van der Waals surface area contributed by atoms with Crippen LogP contribution in [0.2, 0.25) is 5.02 Å². The minimum absolute atomic E-state index is 0.105. The lowest BCUT2D eigenvalue weighted by Crippen LogP contribution is -2.40. The van der Waals surface area contributed by atoms with Crippen molar-refractivity contribution in [1.29, 1.82) is 0 Å². The van der Waals surface area contributed by atoms with E-state index in [0.717, 1.165) is 25.1 Å². The van der Waals surface area contributed by atoms with E-state index in [1.54, 1.807) is 0 Å². The van der Waals surface area contributed by atoms with Crippen LogP contribution in [0.1, 0.15) is 22.8 Å². The summed E-state index contributed by atoms with van der Waals surface area (Å²) in [6.45, 7) is 1.16. The molecule has 28 heavy (non-hydrogen) atoms. The van der Waals surface area contributed by atoms with Crippen LogP contribution < -0.4 is 15.6 Å². The van der Waals surface area contributed by atoms with Gasteiger partial charge in [-0.15, -0.1) is 0 Å². The van der Waals surface area contributed by atoms with Crippen molar-refractivity contribution in [2.24, 2.45) is 0 Å². The maximum atomic E-state index is 12.8. The number of anilines is 1. The predicted molar refractivity (Wildman–Crippen MR) is 95.0 cm³/mol. The van der Waals surface area contributed by atoms with Crippen LogP contribution in [0.25, 0.3) is 0 Å². The number of sulfonamides is 1. The Balaban J connectivity index is 2.32. The van der Waals surface area contributed by atoms with Gasteiger partial charge in [0.1, 0.15) is 0 Å². The van der Waals surface area contributed by atoms with Crippen molar-refractivity contribution < 1.29 is 31.2 Å². The van der Waals surface area contributed by atoms with E-state index in [0.29, 0.717) is 12.1 Å². The molecule has 0 atom stereocenters. The second-order valence-corrected chi connectivity index (χ2v) is 7.55. The first-order chi connectivity index (χ1) is 12.9. The molecule has 0 radical (unpaired) electrons. The van der Waals surface area contributed by atoms with E-state index in [9.17, 15) is 31.2 Å². The number of hydrazine groups is 1. The predicted octanol–water partition coefficient (Wildman–Crippen LogP) is 2.94. The highest BCUT2D eigenvalue weighted by Crippen LogP contribution is 2.34. The van der Waals surface area contributed by atoms with Crippen LogP contribution in [-0.4, -0.2) is 20.2 Å². The van der Waals surface area contributed by atoms with Crippen LogP contribution in [0.15, 0.2) is 47.4 Å². The van der Waals surface area contributed by atoms with Gasteiger partial charge in [0.15, 0.2) is 0 Å². The number of halogens is 4. The molecule has 150 valence electrons. The maximum absolute atomic E-state index is 12.8. The van der Waals surface area contributed by atoms with Gasteiger partial charge in [0.05, 0.1) is 21.2 Å². The summed E-state index contributed by atoms with van der Waals surface area (Å²) < 4.78 is 65.5. The summed E-state index contributed by atoms with van der Waals surface area (Å²) in [6, 6.07) is 6.86. The molecule has 12 heteroatoms. The van der Waals surface area contributed by atoms with Gasteiger partial charge in [-0.3, -0.25) is 25.2 Å². The molecule has 0 saturated heterocycles. The van der Waals surface area contributed by atoms with E-state index >= 15 is 0 Å². The zero-order valence-corrected chi connectivity index (χ0v) is 15.7. The molecule has 0 fully saturated rings. The number of hydrogen-bond acceptors (Lipinski definition) is 4. The van der Waals surface area contributed by atoms with Crippen molar-refractivity contribution >= 4 is 39.1 Å². The number of hydrogen-bond donors (Lipinski definition) is 3. The van der Waals surface area contributed by atoms with Gasteiger partial charge in [-0.2, -0.15) is 13.2 Å². The van der Waals surface area contributed by atoms with E-state index in [1.165, 1.54) is 12.1 Å². The number of carbonyl (C=O) groups is 2. The second-order valence-electron chi connectivity index (χ2n) is 5.46. The fraction of sp³-hybridized carbons (Fsp3) is 0.125. The van der Waals surface area contributed by atoms with Crippen LogP contribution in [0.5, 0.6) is 0 Å². The average Bonchev–Trinajstić information content (AvgIpc) is 2.60. The zero-order valence-electron chi connectivity index (χ0n) is 14.1. The molecule has 7 nitrogen and oxygen atoms in total. The van der Waals surface area contributed by atoms with Crippen molar-refractivity contribution in [2.75, 3.05) is 4.72 Å². The first kappa shape index (κ1) is 21.5. The number of carbonyl (C=O) groups excluding carboxylic acids is 2. The third-order valence-corrected chi connectivity index (χ3v) is 4.99. The molecule has 0 heterocycles. The van der Waals surface area contributed by atoms with E-state index in [1.807, 2.05) is 10.1 Å². The number of nitrogens with one attached hydrogen (secondary N) is 3. The molecular formula is C16H13ClF3N3O4S. The lowest BCUT2D eigenvalue weighted by Gasteiger charge is -2.13. The SMILES string of the molecule is CC(=O)NNC(=O)c1cccc(S(=O)(=O)Nc2cc(C(F)(F)F)ccc2Cl)c1. The van der Waals surface area contributed by atoms with Crippen LogP contribution in [0.3, 0.4) is 0 Å². The monoisotopic (exact) mass is 435 g/mol. The Bertz CT molecular complexity index is 1030. The van der Waals surface area contributed by atoms with Gasteiger partial charge < -0.3 is 0 Å². The highest BCUT2D eigenvalue weighted by molar-refractivity contribution is 7.92. The van der Waals surface area contributed by atoms with Crippen molar-refractivity contribution in [3.63, 3.8) is 0 Å². The largest absolute Gasteiger partial charge is 0.416 e. The molecule has 2 aromatic rings. The van der Waals surface area contributed by atoms with Crippen LogP contribution in [-0.2, 0) is 21.0 Å². The van der Waals surface area contributed by atoms with E-state index in [-0.39, 0.29) is 10.6 Å². The lowest BCUT2D eigenvalue weighted by molar-refractivity contribution is -0.137. The van der Waals surface area contributed by atoms with Crippen molar-refractivity contribution in [1.82, 2.24) is 10.9 Å². The van der Waals surface area contributed by atoms with Gasteiger partial charge in [0.25, 0.3) is 15.9 Å². The van der Waals surface area contributed by atoms with Crippen molar-refractivity contribution in [3.8, 4) is 0 Å². The molecule has 2 amide bonds. The Morgan fingerprint density at radius 3 is 2.32 bits per heavy atom. The molecule has 0 spiro atoms. The molecule has 0 unspecified atom stereocenters. The van der Waals surface area contributed by atoms with Crippen LogP contribution >= 0.6 is 11.6 Å². The average molecular weight is 436 g/mol. The maximum Gasteiger partial charge on any atom is 0.416 e. The fourth-order valence-electron chi connectivity index (χ4n) is 2.00. The minimum atomic E-state index is -4.69. The Kier molecular flexibility index (Phi) is 6.20. The highest BCUT2D eigenvalue weighted by Gasteiger charge is 2.31. The molecule has 0 bridgehead atoms. The van der Waals surface area contributed by atoms with Gasteiger partial charge in [-0.05, 0) is 36.4 Å². The minimum Gasteiger partial charge on any atom is -0.278 e. The molecule has 0 aliphatic heterocycles. The smallest absolute Gasteiger partial charge is 0.278 e. The van der Waals surface area contributed by atoms with Crippen molar-refractivity contribution in [2.45, 2.75) is 18.0 Å². The number of rotatable bonds is 4. The number of alkyl halides is 3. The zero-order chi connectivity index (χ0) is 21.1. The number of amides is 2. The van der Waals surface area contributed by atoms with Gasteiger partial charge in [0.2, 0.25) is 5.91 Å². The molecule has 0 aliphatic rings. The first-order valence-electron chi connectivity index (χ1n) is 7.47. The van der Waals surface area contributed by atoms with Gasteiger partial charge >= 0.3 is 6.18 Å². The summed E-state index contributed by atoms with van der Waals surface area (Å²) in [6.07, 6.45) is -4.69. The Morgan fingerprint density at radius 1 is 1.04 bits per heavy atom. The van der Waals surface area contributed by atoms with E-state index < -0.39 is 44.2 Å². The Labute approximate surface area is 162 Å². The third kappa shape index (κ3) is 5.36. The molecule has 0 aliphatic carbocycles. The Morgan fingerprint density at radius 2 is 1.71 bits per heavy atom. The first-order valence-corrected chi connectivity index (χ1v) is 9.33. The lowest BCUT2D eigenvalue weighted by atomic mass is 10.2. The molecule has 0 saturated carbocycles. The summed E-state index contributed by atoms with van der Waals surface area (Å²) in [5.74, 6) is -1.33. The van der Waals surface area contributed by atoms with Gasteiger partial charge in [0, 0.05) is 12.5 Å². The molecular weight excluding hydrogens is 423 g/mol. The van der Waals surface area contributed by atoms with Gasteiger partial charge in [-0.25, -0.2) is 8.42 Å². The fourth-order valence-corrected chi connectivity index (χ4v) is 3.34. The van der Waals surface area contributed by atoms with Crippen molar-refractivity contribution in [3.05, 3.63) is 58.6 Å². The van der Waals surface area contributed by atoms with E-state index in [4.69, 9.17) is 11.6 Å². The summed E-state index contributed by atoms with van der Waals surface area (Å²) >= 11 is 5.79. The Hall–Kier alpha value is -2.79. The summed E-state index contributed by atoms with van der Waals surface area (Å²) in [5.41, 5.74) is 2.44. The molecule has 0 aromatic heterocycles. The summed E-state index contributed by atoms with van der Waals surface area (Å²) in [5, 5.41) is -0.240. The standard InChI is InChI=1S/C16H13ClF3N3O4S/c1-9(24)21-22-15(25)10-3-2-4-12(7-10)28(26,27)23-14-8-11(16(18,19)20)5-6-13(14)17/h2-8,23H,1H3,(H,21,24)(H,22,25). The third-order valence-electron chi connectivity index (χ3n) is 3.30. The molecule has 2 rings (SSSR count). The summed E-state index contributed by atoms with van der Waals surface area (Å²) in [4.78, 5) is 22.3. The quantitative estimate of drug-likeness (QED) is 0.642. The molecule has 2 aromatic carbocycles. The molecule has 3 N–H and O–H groups in total. The number of benzene rings is 2. The van der Waals surface area contributed by atoms with Crippen LogP contribution in [0, 0.1) is 0 Å².